The van der Waals surface area contributed by atoms with Gasteiger partial charge in [-0.15, -0.1) is 0 Å². The molecule has 0 spiro atoms. The molecule has 448 valence electrons. The number of carbonyl (C=O) groups excluding carboxylic acids is 9. The van der Waals surface area contributed by atoms with Crippen molar-refractivity contribution in [2.24, 2.45) is 35.5 Å². The fraction of sp³-hybridized carbons (Fsp3) is 0.278. The zero-order valence-corrected chi connectivity index (χ0v) is 49.3. The van der Waals surface area contributed by atoms with E-state index in [2.05, 4.69) is 0 Å². The molecule has 87 heavy (non-hydrogen) atoms. The first-order valence-corrected chi connectivity index (χ1v) is 28.9. The number of benzene rings is 7. The summed E-state index contributed by atoms with van der Waals surface area (Å²) in [4.78, 5) is 126. The summed E-state index contributed by atoms with van der Waals surface area (Å²) in [6.45, 7) is 11.1. The predicted octanol–water partition coefficient (Wildman–Crippen LogP) is 13.0. The Hall–Kier alpha value is -9.76. The van der Waals surface area contributed by atoms with Crippen LogP contribution in [-0.2, 0) is 38.2 Å². The van der Waals surface area contributed by atoms with Crippen LogP contribution in [0.4, 0.5) is 0 Å². The number of phenolic OH excluding ortho intramolecular Hbond substituents is 1. The van der Waals surface area contributed by atoms with Gasteiger partial charge < -0.3 is 24.4 Å². The third kappa shape index (κ3) is 16.8. The van der Waals surface area contributed by atoms with Crippen LogP contribution in [0.1, 0.15) is 147 Å². The van der Waals surface area contributed by atoms with Gasteiger partial charge in [-0.2, -0.15) is 0 Å². The van der Waals surface area contributed by atoms with Gasteiger partial charge in [0.1, 0.15) is 11.5 Å². The number of rotatable bonds is 22. The standard InChI is InChI=1S/C42H40O9.C16H14O3.C14H16O3/c1-4-32(27-11-7-5-8-12-27)38(34(39(45)46)23-33(28-13-9-6-10-14-28)37-26(3)40(47)51-41(37)48)42(49)50-31-21-19-30(20-22-31)36(44)24-35(43)29-17-15-25(2)16-18-29;1-11-2-4-12(5-3-11)15(18)10-16(19)13-6-8-14(17)9-7-13;1-3-11(10-7-5-4-6-8-10)12-9(2)13(15)17-14(12)16/h5-22,26,32-34,37-38H,4,23-24H2,1-3H3,(H,45,46);2-9,17H,10H2,1H3;4-9,11-12H,3H2,1-2H3. The van der Waals surface area contributed by atoms with Crippen molar-refractivity contribution in [2.75, 3.05) is 0 Å². The minimum absolute atomic E-state index is 0.0603. The molecule has 0 radical (unpaired) electrons. The molecule has 9 atom stereocenters. The van der Waals surface area contributed by atoms with Crippen LogP contribution >= 0.6 is 0 Å². The number of Topliss-reactive ketones (excluding diaryl/α,β-unsaturated/α-hetero) is 4. The second kappa shape index (κ2) is 30.4. The molecule has 2 N–H and O–H groups in total. The molecule has 2 aliphatic heterocycles. The smallest absolute Gasteiger partial charge is 0.318 e. The highest BCUT2D eigenvalue weighted by Crippen LogP contribution is 2.45. The van der Waals surface area contributed by atoms with Crippen LogP contribution in [0.2, 0.25) is 0 Å². The molecule has 2 saturated heterocycles. The number of aryl methyl sites for hydroxylation is 2. The number of carboxylic acid groups (broad SMARTS) is 1. The highest BCUT2D eigenvalue weighted by molar-refractivity contribution is 6.14. The van der Waals surface area contributed by atoms with Crippen LogP contribution in [0, 0.1) is 49.4 Å². The molecule has 0 aromatic heterocycles. The van der Waals surface area contributed by atoms with E-state index >= 15 is 0 Å². The van der Waals surface area contributed by atoms with Crippen LogP contribution in [0.5, 0.6) is 11.5 Å². The maximum atomic E-state index is 14.3. The second-order valence-corrected chi connectivity index (χ2v) is 22.0. The number of carbonyl (C=O) groups is 10. The highest BCUT2D eigenvalue weighted by Gasteiger charge is 2.50. The van der Waals surface area contributed by atoms with Crippen LogP contribution in [0.25, 0.3) is 0 Å². The molecule has 7 aromatic carbocycles. The lowest BCUT2D eigenvalue weighted by atomic mass is 9.69. The SMILES string of the molecule is CCC(c1ccccc1)C(C(=O)Oc1ccc(C(=O)CC(=O)c2ccc(C)cc2)cc1)C(CC(c1ccccc1)C1C(=O)OC(=O)C1C)C(=O)O.CCC(c1ccccc1)C1C(=O)OC(=O)C1C.Cc1ccc(C(=O)CC(=O)c2ccc(O)cc2)cc1. The van der Waals surface area contributed by atoms with E-state index in [-0.39, 0.29) is 77.4 Å². The third-order valence-electron chi connectivity index (χ3n) is 16.1. The number of cyclic esters (lactones) is 4. The van der Waals surface area contributed by atoms with Gasteiger partial charge in [-0.1, -0.05) is 178 Å². The Bertz CT molecular complexity index is 3510. The Balaban J connectivity index is 0.000000242. The number of phenols is 1. The number of ketones is 4. The molecule has 7 aromatic rings. The molecule has 0 amide bonds. The molecule has 2 aliphatic rings. The zero-order chi connectivity index (χ0) is 62.9. The summed E-state index contributed by atoms with van der Waals surface area (Å²) in [6.07, 6.45) is 0.574. The van der Waals surface area contributed by atoms with Crippen molar-refractivity contribution in [2.45, 2.75) is 91.4 Å². The van der Waals surface area contributed by atoms with Gasteiger partial charge in [0.15, 0.2) is 23.1 Å². The minimum atomic E-state index is -1.34. The predicted molar refractivity (Wildman–Crippen MR) is 324 cm³/mol. The van der Waals surface area contributed by atoms with E-state index in [9.17, 15) is 53.1 Å². The third-order valence-corrected chi connectivity index (χ3v) is 16.1. The van der Waals surface area contributed by atoms with Gasteiger partial charge in [-0.25, -0.2) is 0 Å². The van der Waals surface area contributed by atoms with Crippen LogP contribution in [0.3, 0.4) is 0 Å². The van der Waals surface area contributed by atoms with Crippen molar-refractivity contribution in [3.8, 4) is 11.5 Å². The average molecular weight is 1180 g/mol. The van der Waals surface area contributed by atoms with Crippen molar-refractivity contribution in [3.05, 3.63) is 238 Å². The van der Waals surface area contributed by atoms with Crippen molar-refractivity contribution in [1.29, 1.82) is 0 Å². The quantitative estimate of drug-likeness (QED) is 0.0278. The van der Waals surface area contributed by atoms with E-state index in [4.69, 9.17) is 19.3 Å². The van der Waals surface area contributed by atoms with Crippen molar-refractivity contribution < 1.29 is 72.4 Å². The Morgan fingerprint density at radius 1 is 0.460 bits per heavy atom. The fourth-order valence-corrected chi connectivity index (χ4v) is 11.2. The molecule has 15 nitrogen and oxygen atoms in total. The summed E-state index contributed by atoms with van der Waals surface area (Å²) in [5.41, 5.74) is 6.21. The Morgan fingerprint density at radius 2 is 0.816 bits per heavy atom. The lowest BCUT2D eigenvalue weighted by Crippen LogP contribution is -2.39. The van der Waals surface area contributed by atoms with Crippen molar-refractivity contribution in [3.63, 3.8) is 0 Å². The summed E-state index contributed by atoms with van der Waals surface area (Å²) in [5.74, 6) is -11.4. The van der Waals surface area contributed by atoms with Gasteiger partial charge in [-0.05, 0) is 116 Å². The normalized spacial score (nSPS) is 17.7. The second-order valence-electron chi connectivity index (χ2n) is 22.0. The molecular formula is C72H70O15. The molecule has 15 heteroatoms. The van der Waals surface area contributed by atoms with Gasteiger partial charge in [0.25, 0.3) is 0 Å². The first kappa shape index (κ1) is 64.8. The molecule has 0 bridgehead atoms. The maximum Gasteiger partial charge on any atom is 0.318 e. The fourth-order valence-electron chi connectivity index (χ4n) is 11.2. The van der Waals surface area contributed by atoms with E-state index in [0.717, 1.165) is 28.7 Å². The number of aromatic hydroxyl groups is 1. The molecule has 0 saturated carbocycles. The topological polar surface area (TPSA) is 239 Å². The average Bonchev–Trinajstić information content (AvgIpc) is 2.39. The largest absolute Gasteiger partial charge is 0.508 e. The lowest BCUT2D eigenvalue weighted by Gasteiger charge is -2.33. The Morgan fingerprint density at radius 3 is 1.17 bits per heavy atom. The first-order valence-electron chi connectivity index (χ1n) is 28.9. The van der Waals surface area contributed by atoms with Gasteiger partial charge in [-0.3, -0.25) is 47.9 Å². The van der Waals surface area contributed by atoms with Crippen molar-refractivity contribution in [1.82, 2.24) is 0 Å². The van der Waals surface area contributed by atoms with E-state index < -0.39 is 71.1 Å². The molecule has 9 unspecified atom stereocenters. The van der Waals surface area contributed by atoms with Crippen LogP contribution in [0.15, 0.2) is 188 Å². The highest BCUT2D eigenvalue weighted by atomic mass is 16.6. The first-order chi connectivity index (χ1) is 41.7. The number of esters is 5. The Labute approximate surface area is 505 Å². The summed E-state index contributed by atoms with van der Waals surface area (Å²) in [6, 6.07) is 53.6. The number of aliphatic carboxylic acids is 1. The monoisotopic (exact) mass is 1170 g/mol. The van der Waals surface area contributed by atoms with E-state index in [1.807, 2.05) is 100 Å². The Kier molecular flexibility index (Phi) is 22.6. The van der Waals surface area contributed by atoms with Crippen molar-refractivity contribution >= 4 is 58.9 Å². The number of carboxylic acids is 1. The molecule has 9 rings (SSSR count). The maximum absolute atomic E-state index is 14.3. The van der Waals surface area contributed by atoms with E-state index in [1.165, 1.54) is 48.5 Å². The number of ether oxygens (including phenoxy) is 3. The van der Waals surface area contributed by atoms with Crippen LogP contribution < -0.4 is 4.74 Å². The van der Waals surface area contributed by atoms with E-state index in [1.54, 1.807) is 80.6 Å². The van der Waals surface area contributed by atoms with Gasteiger partial charge in [0, 0.05) is 22.3 Å². The number of hydrogen-bond donors (Lipinski definition) is 2. The molecular weight excluding hydrogens is 1100 g/mol. The summed E-state index contributed by atoms with van der Waals surface area (Å²) in [5, 5.41) is 19.9. The number of hydrogen-bond acceptors (Lipinski definition) is 14. The zero-order valence-electron chi connectivity index (χ0n) is 49.3. The van der Waals surface area contributed by atoms with Gasteiger partial charge >= 0.3 is 35.8 Å². The molecule has 2 heterocycles. The minimum Gasteiger partial charge on any atom is -0.508 e. The molecule has 0 aliphatic carbocycles. The summed E-state index contributed by atoms with van der Waals surface area (Å²) < 4.78 is 15.5. The van der Waals surface area contributed by atoms with E-state index in [0.29, 0.717) is 28.7 Å². The summed E-state index contributed by atoms with van der Waals surface area (Å²) in [7, 11) is 0. The lowest BCUT2D eigenvalue weighted by molar-refractivity contribution is -0.156. The van der Waals surface area contributed by atoms with Crippen LogP contribution in [-0.4, -0.2) is 69.2 Å². The molecule has 2 fully saturated rings. The van der Waals surface area contributed by atoms with Gasteiger partial charge in [0.05, 0.1) is 48.3 Å². The summed E-state index contributed by atoms with van der Waals surface area (Å²) >= 11 is 0. The van der Waals surface area contributed by atoms with Gasteiger partial charge in [0.2, 0.25) is 0 Å².